The van der Waals surface area contributed by atoms with Crippen molar-refractivity contribution in [2.45, 2.75) is 296 Å². The molecule has 0 aliphatic heterocycles. The normalized spacial score (nSPS) is 13.2. The lowest BCUT2D eigenvalue weighted by atomic mass is 10.0. The Morgan fingerprint density at radius 3 is 1.10 bits per heavy atom. The second-order valence-corrected chi connectivity index (χ2v) is 22.7. The smallest absolute Gasteiger partial charge is 0.306 e. The van der Waals surface area contributed by atoms with E-state index in [0.717, 1.165) is 77.0 Å². The summed E-state index contributed by atoms with van der Waals surface area (Å²) in [5.41, 5.74) is 0. The van der Waals surface area contributed by atoms with Crippen molar-refractivity contribution in [2.24, 2.45) is 0 Å². The summed E-state index contributed by atoms with van der Waals surface area (Å²) >= 11 is 0. The van der Waals surface area contributed by atoms with Crippen LogP contribution in [0.1, 0.15) is 284 Å². The lowest BCUT2D eigenvalue weighted by Crippen LogP contribution is -2.44. The van der Waals surface area contributed by atoms with Crippen LogP contribution in [0.4, 0.5) is 0 Å². The number of unbranched alkanes of at least 4 members (excludes halogenated alkanes) is 32. The summed E-state index contributed by atoms with van der Waals surface area (Å²) < 4.78 is 22.7. The van der Waals surface area contributed by atoms with Gasteiger partial charge in [0.05, 0.1) is 40.3 Å². The summed E-state index contributed by atoms with van der Waals surface area (Å²) in [4.78, 5) is 37.4. The van der Waals surface area contributed by atoms with Gasteiger partial charge in [-0.1, -0.05) is 260 Å². The van der Waals surface area contributed by atoms with Crippen molar-refractivity contribution < 1.29 is 42.9 Å². The van der Waals surface area contributed by atoms with Gasteiger partial charge in [-0.3, -0.25) is 9.59 Å². The molecule has 0 bridgehead atoms. The van der Waals surface area contributed by atoms with E-state index in [9.17, 15) is 19.5 Å². The minimum atomic E-state index is -1.63. The highest BCUT2D eigenvalue weighted by molar-refractivity contribution is 5.70. The molecule has 0 fully saturated rings. The van der Waals surface area contributed by atoms with Gasteiger partial charge in [-0.2, -0.15) is 0 Å². The van der Waals surface area contributed by atoms with Gasteiger partial charge in [-0.25, -0.2) is 0 Å². The molecule has 0 heterocycles. The second-order valence-electron chi connectivity index (χ2n) is 22.7. The van der Waals surface area contributed by atoms with Gasteiger partial charge in [-0.15, -0.1) is 0 Å². The zero-order valence-corrected chi connectivity index (χ0v) is 50.8. The number of ether oxygens (including phenoxy) is 4. The van der Waals surface area contributed by atoms with Crippen molar-refractivity contribution in [2.75, 3.05) is 47.5 Å². The lowest BCUT2D eigenvalue weighted by molar-refractivity contribution is -0.870. The van der Waals surface area contributed by atoms with E-state index in [4.69, 9.17) is 18.9 Å². The van der Waals surface area contributed by atoms with E-state index >= 15 is 0 Å². The molecule has 0 aromatic rings. The summed E-state index contributed by atoms with van der Waals surface area (Å²) in [6.07, 6.45) is 74.0. The van der Waals surface area contributed by atoms with Crippen LogP contribution in [0.25, 0.3) is 0 Å². The molecule has 0 N–H and O–H groups in total. The lowest BCUT2D eigenvalue weighted by Gasteiger charge is -2.26. The highest BCUT2D eigenvalue weighted by Gasteiger charge is 2.22. The van der Waals surface area contributed by atoms with Gasteiger partial charge < -0.3 is 33.3 Å². The predicted octanol–water partition coefficient (Wildman–Crippen LogP) is 18.0. The molecule has 2 unspecified atom stereocenters. The monoisotopic (exact) mass is 1080 g/mol. The number of rotatable bonds is 59. The van der Waals surface area contributed by atoms with Crippen LogP contribution in [-0.4, -0.2) is 82.3 Å². The number of hydrogen-bond donors (Lipinski definition) is 0. The van der Waals surface area contributed by atoms with Crippen LogP contribution in [0.15, 0.2) is 72.9 Å². The van der Waals surface area contributed by atoms with Gasteiger partial charge >= 0.3 is 11.9 Å². The van der Waals surface area contributed by atoms with Crippen LogP contribution in [0.2, 0.25) is 0 Å². The third-order valence-electron chi connectivity index (χ3n) is 13.9. The van der Waals surface area contributed by atoms with Crippen LogP contribution >= 0.6 is 0 Å². The fraction of sp³-hybridized carbons (Fsp3) is 0.779. The van der Waals surface area contributed by atoms with Gasteiger partial charge in [-0.05, 0) is 83.5 Å². The molecule has 0 saturated heterocycles. The molecule has 0 saturated carbocycles. The summed E-state index contributed by atoms with van der Waals surface area (Å²) in [5.74, 6) is -2.29. The maximum atomic E-state index is 12.9. The first kappa shape index (κ1) is 73.7. The third kappa shape index (κ3) is 60.2. The Morgan fingerprint density at radius 1 is 0.403 bits per heavy atom. The Bertz CT molecular complexity index is 1490. The van der Waals surface area contributed by atoms with Crippen molar-refractivity contribution >= 4 is 17.9 Å². The first-order chi connectivity index (χ1) is 37.6. The van der Waals surface area contributed by atoms with Gasteiger partial charge in [0.15, 0.2) is 12.4 Å². The average molecular weight is 1080 g/mol. The van der Waals surface area contributed by atoms with Crippen molar-refractivity contribution in [1.29, 1.82) is 0 Å². The molecule has 9 nitrogen and oxygen atoms in total. The molecule has 0 amide bonds. The number of allylic oxidation sites excluding steroid dienone is 12. The van der Waals surface area contributed by atoms with E-state index in [1.165, 1.54) is 173 Å². The number of carbonyl (C=O) groups is 3. The summed E-state index contributed by atoms with van der Waals surface area (Å²) in [7, 11) is 5.92. The SMILES string of the molecule is CC/C=C\C/C=C\C/C=C\C/C=C\CCCCCCCCCCC(=O)OC(COC(=O)CCCCCCCCCCCCCCCCCCCCC/C=C\C/C=C\CCCCCCC)COC(OCC[N+](C)(C)C)C(=O)[O-]. The molecule has 0 spiro atoms. The summed E-state index contributed by atoms with van der Waals surface area (Å²) in [5, 5.41) is 11.8. The predicted molar refractivity (Wildman–Crippen MR) is 325 cm³/mol. The Balaban J connectivity index is 4.13. The topological polar surface area (TPSA) is 111 Å². The minimum Gasteiger partial charge on any atom is -0.545 e. The quantitative estimate of drug-likeness (QED) is 0.0195. The third-order valence-corrected chi connectivity index (χ3v) is 13.9. The standard InChI is InChI=1S/C68H121NO8/c1-6-8-10-12-14-16-18-20-22-24-26-28-29-30-31-32-33-34-35-36-37-39-40-42-44-46-48-50-52-54-56-58-65(70)75-62-64(63-76-68(67(72)73)74-61-60-69(3,4)5)77-66(71)59-57-55-53-51-49-47-45-43-41-38-27-25-23-21-19-17-15-13-11-9-7-2/h9,11,15,17-18,20-21,23-24,26-27,38,64,68H,6-8,10,12-14,16,19,22,25,28-37,39-63H2,1-5H3/b11-9-,17-15-,20-18-,23-21-,26-24-,38-27-. The Labute approximate surface area is 475 Å². The Morgan fingerprint density at radius 2 is 0.740 bits per heavy atom. The molecule has 2 atom stereocenters. The Kier molecular flexibility index (Phi) is 56.4. The van der Waals surface area contributed by atoms with Gasteiger partial charge in [0.2, 0.25) is 0 Å². The Hall–Kier alpha value is -3.27. The van der Waals surface area contributed by atoms with E-state index in [1.54, 1.807) is 0 Å². The van der Waals surface area contributed by atoms with E-state index in [-0.39, 0.29) is 32.2 Å². The van der Waals surface area contributed by atoms with Gasteiger partial charge in [0, 0.05) is 12.8 Å². The number of likely N-dealkylation sites (N-methyl/N-ethyl adjacent to an activating group) is 1. The largest absolute Gasteiger partial charge is 0.545 e. The molecule has 0 aliphatic rings. The summed E-state index contributed by atoms with van der Waals surface area (Å²) in [6, 6.07) is 0. The van der Waals surface area contributed by atoms with E-state index < -0.39 is 24.3 Å². The molecule has 77 heavy (non-hydrogen) atoms. The molecular weight excluding hydrogens is 959 g/mol. The zero-order chi connectivity index (χ0) is 56.2. The van der Waals surface area contributed by atoms with Crippen molar-refractivity contribution in [3.8, 4) is 0 Å². The van der Waals surface area contributed by atoms with Crippen molar-refractivity contribution in [3.63, 3.8) is 0 Å². The highest BCUT2D eigenvalue weighted by atomic mass is 16.7. The maximum Gasteiger partial charge on any atom is 0.306 e. The van der Waals surface area contributed by atoms with E-state index in [2.05, 4.69) is 86.8 Å². The van der Waals surface area contributed by atoms with Crippen LogP contribution in [0.3, 0.4) is 0 Å². The van der Waals surface area contributed by atoms with Crippen molar-refractivity contribution in [1.82, 2.24) is 0 Å². The maximum absolute atomic E-state index is 12.9. The number of quaternary nitrogens is 1. The minimum absolute atomic E-state index is 0.144. The molecule has 0 radical (unpaired) electrons. The van der Waals surface area contributed by atoms with E-state index in [1.807, 2.05) is 21.1 Å². The van der Waals surface area contributed by atoms with Crippen molar-refractivity contribution in [3.05, 3.63) is 72.9 Å². The molecule has 0 rings (SSSR count). The highest BCUT2D eigenvalue weighted by Crippen LogP contribution is 2.17. The molecule has 9 heteroatoms. The number of carboxylic acids is 1. The molecule has 0 aromatic carbocycles. The second kappa shape index (κ2) is 58.9. The molecular formula is C68H121NO8. The first-order valence-corrected chi connectivity index (χ1v) is 32.1. The van der Waals surface area contributed by atoms with Crippen LogP contribution < -0.4 is 5.11 Å². The first-order valence-electron chi connectivity index (χ1n) is 32.1. The average Bonchev–Trinajstić information content (AvgIpc) is 3.40. The number of aliphatic carboxylic acids is 1. The molecule has 446 valence electrons. The van der Waals surface area contributed by atoms with Gasteiger partial charge in [0.1, 0.15) is 13.2 Å². The molecule has 0 aromatic heterocycles. The van der Waals surface area contributed by atoms with Crippen LogP contribution in [0.5, 0.6) is 0 Å². The number of esters is 2. The van der Waals surface area contributed by atoms with Crippen LogP contribution in [0, 0.1) is 0 Å². The van der Waals surface area contributed by atoms with Crippen LogP contribution in [-0.2, 0) is 33.3 Å². The number of carboxylic acid groups (broad SMARTS) is 1. The number of hydrogen-bond acceptors (Lipinski definition) is 8. The number of carbonyl (C=O) groups excluding carboxylic acids is 3. The fourth-order valence-electron chi connectivity index (χ4n) is 9.03. The molecule has 0 aliphatic carbocycles. The number of nitrogens with zero attached hydrogens (tertiary/aromatic N) is 1. The fourth-order valence-corrected chi connectivity index (χ4v) is 9.03. The van der Waals surface area contributed by atoms with E-state index in [0.29, 0.717) is 23.9 Å². The van der Waals surface area contributed by atoms with Gasteiger partial charge in [0.25, 0.3) is 0 Å². The summed E-state index contributed by atoms with van der Waals surface area (Å²) in [6.45, 7) is 4.64. The zero-order valence-electron chi connectivity index (χ0n) is 50.8.